The first-order chi connectivity index (χ1) is 4.62. The fourth-order valence-electron chi connectivity index (χ4n) is 0.0944. The summed E-state index contributed by atoms with van der Waals surface area (Å²) in [5.74, 6) is 0. The third-order valence-corrected chi connectivity index (χ3v) is 14.6. The summed E-state index contributed by atoms with van der Waals surface area (Å²) in [6.07, 6.45) is -1.46. The minimum atomic E-state index is -1.46. The second kappa shape index (κ2) is 6.96. The fraction of sp³-hybridized carbons (Fsp3) is 1.00. The second-order valence-corrected chi connectivity index (χ2v) is 15.9. The Morgan fingerprint density at radius 1 is 1.40 bits per heavy atom. The van der Waals surface area contributed by atoms with Crippen LogP contribution in [-0.4, -0.2) is 7.05 Å². The van der Waals surface area contributed by atoms with Crippen LogP contribution in [0.25, 0.3) is 0 Å². The average molecular weight is 288 g/mol. The summed E-state index contributed by atoms with van der Waals surface area (Å²) in [5, 5.41) is 0. The van der Waals surface area contributed by atoms with Gasteiger partial charge in [-0.15, -0.1) is 0 Å². The molecule has 0 heterocycles. The van der Waals surface area contributed by atoms with Crippen LogP contribution in [0.5, 0.6) is 0 Å². The summed E-state index contributed by atoms with van der Waals surface area (Å²) in [6.45, 7) is 0. The van der Waals surface area contributed by atoms with Gasteiger partial charge in [-0.25, -0.2) is 0 Å². The van der Waals surface area contributed by atoms with E-state index in [-0.39, 0.29) is 0 Å². The van der Waals surface area contributed by atoms with Gasteiger partial charge in [-0.2, -0.15) is 0 Å². The van der Waals surface area contributed by atoms with Crippen LogP contribution in [0.15, 0.2) is 0 Å². The second-order valence-electron chi connectivity index (χ2n) is 0.937. The van der Waals surface area contributed by atoms with E-state index in [1.54, 1.807) is 26.7 Å². The molecule has 0 saturated carbocycles. The average Bonchev–Trinajstić information content (AvgIpc) is 1.89. The highest BCUT2D eigenvalue weighted by atomic mass is 33.9. The molecule has 62 valence electrons. The Bertz CT molecular complexity index is 156. The molecule has 10 heavy (non-hydrogen) atoms. The van der Waals surface area contributed by atoms with Gasteiger partial charge in [-0.05, 0) is 49.1 Å². The molecule has 9 heteroatoms. The maximum atomic E-state index is 5.04. The topological polar surface area (TPSA) is 12.0 Å². The van der Waals surface area contributed by atoms with Crippen LogP contribution in [0.2, 0.25) is 0 Å². The van der Waals surface area contributed by atoms with Crippen molar-refractivity contribution in [1.29, 1.82) is 0 Å². The number of nitrogens with one attached hydrogen (secondary N) is 1. The van der Waals surface area contributed by atoms with Crippen molar-refractivity contribution in [3.63, 3.8) is 0 Å². The molecule has 0 rings (SSSR count). The molecule has 0 aromatic carbocycles. The number of hydrogen-bond donors (Lipinski definition) is 2. The van der Waals surface area contributed by atoms with Gasteiger partial charge in [0.25, 0.3) is 0 Å². The molecule has 0 aromatic heterocycles. The summed E-state index contributed by atoms with van der Waals surface area (Å²) in [5.41, 5.74) is 0. The van der Waals surface area contributed by atoms with E-state index in [1.165, 1.54) is 19.7 Å². The van der Waals surface area contributed by atoms with Crippen LogP contribution in [0.4, 0.5) is 0 Å². The highest BCUT2D eigenvalue weighted by Crippen LogP contribution is 2.46. The summed E-state index contributed by atoms with van der Waals surface area (Å²) < 4.78 is 2.91. The Labute approximate surface area is 90.4 Å². The number of thiol groups is 1. The summed E-state index contributed by atoms with van der Waals surface area (Å²) in [4.78, 5) is 0. The van der Waals surface area contributed by atoms with Gasteiger partial charge in [0.05, 0.1) is 0 Å². The van der Waals surface area contributed by atoms with Crippen molar-refractivity contribution in [2.45, 2.75) is 0 Å². The van der Waals surface area contributed by atoms with E-state index in [2.05, 4.69) is 16.4 Å². The Hall–Kier alpha value is 2.50. The molecule has 0 aliphatic rings. The van der Waals surface area contributed by atoms with E-state index in [1.807, 2.05) is 0 Å². The van der Waals surface area contributed by atoms with Crippen molar-refractivity contribution in [3.05, 3.63) is 0 Å². The number of hydrogen-bond acceptors (Lipinski definition) is 7. The van der Waals surface area contributed by atoms with Crippen molar-refractivity contribution in [3.8, 4) is 0 Å². The molecule has 0 aliphatic carbocycles. The molecule has 0 aliphatic heterocycles. The molecule has 0 atom stereocenters. The molecular weight excluding hydrogens is 283 g/mol. The van der Waals surface area contributed by atoms with Crippen molar-refractivity contribution in [2.75, 3.05) is 7.05 Å². The van der Waals surface area contributed by atoms with Gasteiger partial charge in [-0.3, -0.25) is 4.72 Å². The molecule has 1 N–H and O–H groups in total. The lowest BCUT2D eigenvalue weighted by atomic mass is 11.6. The summed E-state index contributed by atoms with van der Waals surface area (Å²) in [6, 6.07) is 0. The molecule has 1 nitrogen and oxygen atoms in total. The van der Waals surface area contributed by atoms with Crippen molar-refractivity contribution < 1.29 is 0 Å². The van der Waals surface area contributed by atoms with Crippen LogP contribution in [0, 0.1) is 0 Å². The minimum Gasteiger partial charge on any atom is -0.252 e. The highest BCUT2D eigenvalue weighted by Gasteiger charge is 1.98. The summed E-state index contributed by atoms with van der Waals surface area (Å²) in [7, 11) is 7.84. The molecule has 0 aromatic rings. The zero-order valence-electron chi connectivity index (χ0n) is 4.80. The van der Waals surface area contributed by atoms with Crippen LogP contribution in [0.1, 0.15) is 0 Å². The molecule has 0 unspecified atom stereocenters. The summed E-state index contributed by atoms with van der Waals surface area (Å²) >= 11 is 14.0. The van der Waals surface area contributed by atoms with Gasteiger partial charge in [0.2, 0.25) is 0 Å². The number of rotatable bonds is 5. The smallest absolute Gasteiger partial charge is 0.0283 e. The lowest BCUT2D eigenvalue weighted by Gasteiger charge is -2.03. The first-order valence-electron chi connectivity index (χ1n) is 1.89. The zero-order chi connectivity index (χ0) is 8.04. The first kappa shape index (κ1) is 12.5. The predicted molar refractivity (Wildman–Crippen MR) is 70.5 cm³/mol. The van der Waals surface area contributed by atoms with E-state index in [0.717, 1.165) is 0 Å². The highest BCUT2D eigenvalue weighted by molar-refractivity contribution is 9.43. The molecule has 0 fully saturated rings. The van der Waals surface area contributed by atoms with E-state index in [4.69, 9.17) is 22.4 Å². The fourth-order valence-corrected chi connectivity index (χ4v) is 13.3. The minimum absolute atomic E-state index is 1.40. The van der Waals surface area contributed by atoms with Crippen LogP contribution in [0.3, 0.4) is 0 Å². The van der Waals surface area contributed by atoms with Crippen LogP contribution in [-0.2, 0) is 28.7 Å². The Morgan fingerprint density at radius 2 is 2.00 bits per heavy atom. The Morgan fingerprint density at radius 3 is 2.40 bits per heavy atom. The van der Waals surface area contributed by atoms with Crippen molar-refractivity contribution in [1.82, 2.24) is 4.72 Å². The molecule has 0 bridgehead atoms. The van der Waals surface area contributed by atoms with Crippen LogP contribution >= 0.6 is 51.0 Å². The van der Waals surface area contributed by atoms with E-state index in [0.29, 0.717) is 0 Å². The SMILES string of the molecule is CNS(=S)(=S)SSSSS. The largest absolute Gasteiger partial charge is 0.252 e. The molecule has 0 saturated heterocycles. The van der Waals surface area contributed by atoms with Gasteiger partial charge in [-0.1, -0.05) is 11.7 Å². The van der Waals surface area contributed by atoms with Gasteiger partial charge in [0.15, 0.2) is 0 Å². The first-order valence-corrected chi connectivity index (χ1v) is 11.8. The monoisotopic (exact) mass is 287 g/mol. The Balaban J connectivity index is 3.49. The lowest BCUT2D eigenvalue weighted by Crippen LogP contribution is -2.09. The molecular formula is CH5NS8. The van der Waals surface area contributed by atoms with Crippen LogP contribution < -0.4 is 4.72 Å². The van der Waals surface area contributed by atoms with E-state index >= 15 is 0 Å². The standard InChI is InChI=1S/CH5NS8/c1-2-10(4,5)9-8-7-6-3/h2-3H,1H3. The third kappa shape index (κ3) is 7.17. The zero-order valence-corrected chi connectivity index (χ0v) is 11.4. The van der Waals surface area contributed by atoms with Crippen molar-refractivity contribution >= 4 is 79.7 Å². The normalized spacial score (nSPS) is 11.8. The lowest BCUT2D eigenvalue weighted by molar-refractivity contribution is 1.31. The molecule has 0 radical (unpaired) electrons. The third-order valence-electron chi connectivity index (χ3n) is 0.426. The van der Waals surface area contributed by atoms with Crippen molar-refractivity contribution in [2.24, 2.45) is 0 Å². The predicted octanol–water partition coefficient (Wildman–Crippen LogP) is 2.64. The Kier molecular flexibility index (Phi) is 8.70. The quantitative estimate of drug-likeness (QED) is 0.452. The molecule has 0 spiro atoms. The van der Waals surface area contributed by atoms with E-state index < -0.39 is 6.36 Å². The maximum Gasteiger partial charge on any atom is 0.0283 e. The molecule has 0 amide bonds. The van der Waals surface area contributed by atoms with Gasteiger partial charge < -0.3 is 0 Å². The van der Waals surface area contributed by atoms with Gasteiger partial charge in [0.1, 0.15) is 0 Å². The van der Waals surface area contributed by atoms with E-state index in [9.17, 15) is 0 Å². The van der Waals surface area contributed by atoms with Gasteiger partial charge >= 0.3 is 0 Å². The van der Waals surface area contributed by atoms with Gasteiger partial charge in [0, 0.05) is 26.0 Å². The maximum absolute atomic E-state index is 5.04.